The molecule has 0 bridgehead atoms. The van der Waals surface area contributed by atoms with Gasteiger partial charge >= 0.3 is 0 Å². The van der Waals surface area contributed by atoms with Crippen molar-refractivity contribution in [3.8, 4) is 0 Å². The minimum absolute atomic E-state index is 0.924. The van der Waals surface area contributed by atoms with Crippen LogP contribution < -0.4 is 0 Å². The van der Waals surface area contributed by atoms with Gasteiger partial charge in [-0.2, -0.15) is 0 Å². The maximum atomic E-state index is 2.35. The van der Waals surface area contributed by atoms with E-state index in [-0.39, 0.29) is 0 Å². The lowest BCUT2D eigenvalue weighted by Crippen LogP contribution is -1.86. The van der Waals surface area contributed by atoms with E-state index in [0.717, 1.165) is 5.92 Å². The quantitative estimate of drug-likeness (QED) is 0.506. The molecule has 2 aliphatic rings. The Morgan fingerprint density at radius 3 is 2.67 bits per heavy atom. The van der Waals surface area contributed by atoms with E-state index in [1.807, 2.05) is 13.8 Å². The van der Waals surface area contributed by atoms with Gasteiger partial charge in [0.05, 0.1) is 0 Å². The number of allylic oxidation sites excluding steroid dienone is 4. The Labute approximate surface area is 76.4 Å². The standard InChI is InChI=1S/C10H14.C2H6/c1-8-6-9-4-2-3-5-10(9)7-8;1-2/h2,4,8H,3,5-7H2,1H3;1-2H3. The third kappa shape index (κ3) is 2.00. The summed E-state index contributed by atoms with van der Waals surface area (Å²) < 4.78 is 0. The summed E-state index contributed by atoms with van der Waals surface area (Å²) in [6.07, 6.45) is 9.99. The van der Waals surface area contributed by atoms with E-state index in [0.29, 0.717) is 0 Å². The van der Waals surface area contributed by atoms with Crippen LogP contribution in [0.3, 0.4) is 0 Å². The van der Waals surface area contributed by atoms with Crippen LogP contribution in [0.15, 0.2) is 23.3 Å². The second-order valence-corrected chi connectivity index (χ2v) is 3.58. The van der Waals surface area contributed by atoms with Crippen LogP contribution in [-0.2, 0) is 0 Å². The molecule has 1 atom stereocenters. The Kier molecular flexibility index (Phi) is 3.58. The van der Waals surface area contributed by atoms with Crippen LogP contribution in [0.1, 0.15) is 46.5 Å². The van der Waals surface area contributed by atoms with Crippen LogP contribution in [0.5, 0.6) is 0 Å². The highest BCUT2D eigenvalue weighted by Gasteiger charge is 2.19. The van der Waals surface area contributed by atoms with Crippen LogP contribution in [-0.4, -0.2) is 0 Å². The van der Waals surface area contributed by atoms with E-state index in [1.165, 1.54) is 25.7 Å². The monoisotopic (exact) mass is 164 g/mol. The van der Waals surface area contributed by atoms with Gasteiger partial charge in [0, 0.05) is 0 Å². The van der Waals surface area contributed by atoms with Gasteiger partial charge in [-0.15, -0.1) is 0 Å². The maximum Gasteiger partial charge on any atom is -0.0251 e. The number of rotatable bonds is 0. The fraction of sp³-hybridized carbons (Fsp3) is 0.667. The molecule has 0 heterocycles. The molecule has 0 aromatic heterocycles. The van der Waals surface area contributed by atoms with E-state index < -0.39 is 0 Å². The van der Waals surface area contributed by atoms with Gasteiger partial charge in [0.25, 0.3) is 0 Å². The van der Waals surface area contributed by atoms with Crippen molar-refractivity contribution in [3.05, 3.63) is 23.3 Å². The van der Waals surface area contributed by atoms with Gasteiger partial charge in [-0.05, 0) is 37.2 Å². The van der Waals surface area contributed by atoms with E-state index in [1.54, 1.807) is 11.1 Å². The fourth-order valence-corrected chi connectivity index (χ4v) is 2.08. The van der Waals surface area contributed by atoms with Gasteiger partial charge in [0.1, 0.15) is 0 Å². The van der Waals surface area contributed by atoms with Gasteiger partial charge in [0.2, 0.25) is 0 Å². The predicted molar refractivity (Wildman–Crippen MR) is 55.1 cm³/mol. The fourth-order valence-electron chi connectivity index (χ4n) is 2.08. The Balaban J connectivity index is 0.000000336. The predicted octanol–water partition coefficient (Wildman–Crippen LogP) is 4.09. The minimum Gasteiger partial charge on any atom is -0.0839 e. The molecule has 0 aliphatic heterocycles. The average Bonchev–Trinajstić information content (AvgIpc) is 2.48. The van der Waals surface area contributed by atoms with Gasteiger partial charge in [-0.25, -0.2) is 0 Å². The van der Waals surface area contributed by atoms with Crippen LogP contribution in [0.4, 0.5) is 0 Å². The first-order chi connectivity index (χ1) is 5.86. The van der Waals surface area contributed by atoms with Gasteiger partial charge < -0.3 is 0 Å². The van der Waals surface area contributed by atoms with Gasteiger partial charge in [-0.1, -0.05) is 38.5 Å². The zero-order valence-corrected chi connectivity index (χ0v) is 8.56. The molecule has 0 heteroatoms. The summed E-state index contributed by atoms with van der Waals surface area (Å²) in [6, 6.07) is 0. The highest BCUT2D eigenvalue weighted by molar-refractivity contribution is 5.33. The minimum atomic E-state index is 0.924. The highest BCUT2D eigenvalue weighted by atomic mass is 14.2. The molecule has 2 rings (SSSR count). The first-order valence-electron chi connectivity index (χ1n) is 5.23. The van der Waals surface area contributed by atoms with Crippen molar-refractivity contribution in [2.45, 2.75) is 46.5 Å². The summed E-state index contributed by atoms with van der Waals surface area (Å²) in [5.74, 6) is 0.924. The zero-order chi connectivity index (χ0) is 8.97. The molecule has 0 saturated carbocycles. The van der Waals surface area contributed by atoms with E-state index in [2.05, 4.69) is 19.1 Å². The van der Waals surface area contributed by atoms with Crippen molar-refractivity contribution in [2.24, 2.45) is 5.92 Å². The van der Waals surface area contributed by atoms with Crippen molar-refractivity contribution in [1.82, 2.24) is 0 Å². The molecule has 0 saturated heterocycles. The Morgan fingerprint density at radius 2 is 2.00 bits per heavy atom. The third-order valence-corrected chi connectivity index (χ3v) is 2.55. The SMILES string of the molecule is CC.CC1CC2=C(CCC=C2)C1. The number of hydrogen-bond acceptors (Lipinski definition) is 0. The van der Waals surface area contributed by atoms with Crippen LogP contribution in [0.25, 0.3) is 0 Å². The molecular weight excluding hydrogens is 144 g/mol. The molecule has 0 radical (unpaired) electrons. The first kappa shape index (κ1) is 9.57. The van der Waals surface area contributed by atoms with E-state index in [4.69, 9.17) is 0 Å². The highest BCUT2D eigenvalue weighted by Crippen LogP contribution is 2.36. The van der Waals surface area contributed by atoms with E-state index in [9.17, 15) is 0 Å². The van der Waals surface area contributed by atoms with Crippen molar-refractivity contribution in [2.75, 3.05) is 0 Å². The molecule has 0 spiro atoms. The van der Waals surface area contributed by atoms with Crippen LogP contribution >= 0.6 is 0 Å². The van der Waals surface area contributed by atoms with Gasteiger partial charge in [-0.3, -0.25) is 0 Å². The van der Waals surface area contributed by atoms with Crippen molar-refractivity contribution >= 4 is 0 Å². The first-order valence-corrected chi connectivity index (χ1v) is 5.23. The molecule has 1 unspecified atom stereocenters. The van der Waals surface area contributed by atoms with Crippen LogP contribution in [0.2, 0.25) is 0 Å². The molecule has 0 amide bonds. The maximum absolute atomic E-state index is 2.35. The molecule has 2 aliphatic carbocycles. The average molecular weight is 164 g/mol. The van der Waals surface area contributed by atoms with Crippen LogP contribution in [0, 0.1) is 5.92 Å². The summed E-state index contributed by atoms with van der Waals surface area (Å²) in [4.78, 5) is 0. The molecule has 0 fully saturated rings. The summed E-state index contributed by atoms with van der Waals surface area (Å²) in [7, 11) is 0. The van der Waals surface area contributed by atoms with Crippen molar-refractivity contribution in [3.63, 3.8) is 0 Å². The number of hydrogen-bond donors (Lipinski definition) is 0. The lowest BCUT2D eigenvalue weighted by Gasteiger charge is -2.05. The smallest absolute Gasteiger partial charge is 0.0251 e. The normalized spacial score (nSPS) is 26.4. The molecular formula is C12H20. The van der Waals surface area contributed by atoms with Gasteiger partial charge in [0.15, 0.2) is 0 Å². The third-order valence-electron chi connectivity index (χ3n) is 2.55. The molecule has 68 valence electrons. The molecule has 0 aromatic carbocycles. The Morgan fingerprint density at radius 1 is 1.25 bits per heavy atom. The van der Waals surface area contributed by atoms with E-state index >= 15 is 0 Å². The topological polar surface area (TPSA) is 0 Å². The second kappa shape index (κ2) is 4.49. The summed E-state index contributed by atoms with van der Waals surface area (Å²) in [5.41, 5.74) is 3.40. The second-order valence-electron chi connectivity index (χ2n) is 3.58. The molecule has 0 N–H and O–H groups in total. The Bertz CT molecular complexity index is 196. The summed E-state index contributed by atoms with van der Waals surface area (Å²) in [5, 5.41) is 0. The lowest BCUT2D eigenvalue weighted by molar-refractivity contribution is 0.617. The van der Waals surface area contributed by atoms with Crippen molar-refractivity contribution < 1.29 is 0 Å². The summed E-state index contributed by atoms with van der Waals surface area (Å²) >= 11 is 0. The molecule has 12 heavy (non-hydrogen) atoms. The molecule has 0 aromatic rings. The zero-order valence-electron chi connectivity index (χ0n) is 8.56. The largest absolute Gasteiger partial charge is 0.0839 e. The molecule has 0 nitrogen and oxygen atoms in total. The Hall–Kier alpha value is -0.520. The summed E-state index contributed by atoms with van der Waals surface area (Å²) in [6.45, 7) is 6.35. The lowest BCUT2D eigenvalue weighted by atomic mass is 10.0. The van der Waals surface area contributed by atoms with Crippen molar-refractivity contribution in [1.29, 1.82) is 0 Å².